The predicted octanol–water partition coefficient (Wildman–Crippen LogP) is 4.04. The van der Waals surface area contributed by atoms with Crippen molar-refractivity contribution in [2.45, 2.75) is 25.8 Å². The summed E-state index contributed by atoms with van der Waals surface area (Å²) >= 11 is 0. The van der Waals surface area contributed by atoms with E-state index in [9.17, 15) is 0 Å². The molecule has 1 saturated heterocycles. The minimum atomic E-state index is 0.306. The van der Waals surface area contributed by atoms with Gasteiger partial charge in [0.2, 0.25) is 11.7 Å². The van der Waals surface area contributed by atoms with Crippen molar-refractivity contribution in [3.8, 4) is 17.1 Å². The molecule has 5 heteroatoms. The summed E-state index contributed by atoms with van der Waals surface area (Å²) in [7, 11) is 1.66. The van der Waals surface area contributed by atoms with Gasteiger partial charge in [0.1, 0.15) is 5.75 Å². The van der Waals surface area contributed by atoms with Crippen LogP contribution in [-0.2, 0) is 6.54 Å². The lowest BCUT2D eigenvalue weighted by molar-refractivity contribution is 0.309. The van der Waals surface area contributed by atoms with E-state index in [1.54, 1.807) is 7.11 Å². The molecule has 2 aromatic carbocycles. The van der Waals surface area contributed by atoms with Crippen LogP contribution in [0.5, 0.6) is 5.75 Å². The third-order valence-corrected chi connectivity index (χ3v) is 4.94. The van der Waals surface area contributed by atoms with Crippen LogP contribution in [0.15, 0.2) is 53.1 Å². The van der Waals surface area contributed by atoms with Gasteiger partial charge in [-0.3, -0.25) is 4.90 Å². The van der Waals surface area contributed by atoms with E-state index in [0.29, 0.717) is 11.7 Å². The van der Waals surface area contributed by atoms with E-state index in [1.807, 2.05) is 24.3 Å². The van der Waals surface area contributed by atoms with Crippen LogP contribution in [0.1, 0.15) is 29.4 Å². The van der Waals surface area contributed by atoms with Crippen LogP contribution < -0.4 is 4.74 Å². The Morgan fingerprint density at radius 2 is 1.88 bits per heavy atom. The van der Waals surface area contributed by atoms with Crippen LogP contribution >= 0.6 is 0 Å². The maximum Gasteiger partial charge on any atom is 0.231 e. The largest absolute Gasteiger partial charge is 0.497 e. The Morgan fingerprint density at radius 3 is 2.62 bits per heavy atom. The Bertz CT molecular complexity index is 856. The highest BCUT2D eigenvalue weighted by molar-refractivity contribution is 5.55. The summed E-state index contributed by atoms with van der Waals surface area (Å²) in [5.41, 5.74) is 3.58. The minimum Gasteiger partial charge on any atom is -0.497 e. The van der Waals surface area contributed by atoms with Gasteiger partial charge in [0.05, 0.1) is 13.0 Å². The van der Waals surface area contributed by atoms with Gasteiger partial charge in [-0.15, -0.1) is 0 Å². The Morgan fingerprint density at radius 1 is 1.12 bits per heavy atom. The molecule has 0 unspecified atom stereocenters. The number of benzene rings is 2. The second kappa shape index (κ2) is 7.30. The molecule has 0 aliphatic carbocycles. The van der Waals surface area contributed by atoms with Crippen molar-refractivity contribution in [1.82, 2.24) is 15.0 Å². The Kier molecular flexibility index (Phi) is 4.71. The highest BCUT2D eigenvalue weighted by Gasteiger charge is 2.28. The molecule has 5 nitrogen and oxygen atoms in total. The lowest BCUT2D eigenvalue weighted by Gasteiger charge is -2.15. The number of ether oxygens (including phenoxy) is 1. The predicted molar refractivity (Wildman–Crippen MR) is 100 cm³/mol. The zero-order chi connectivity index (χ0) is 17.9. The van der Waals surface area contributed by atoms with Gasteiger partial charge in [0.15, 0.2) is 0 Å². The summed E-state index contributed by atoms with van der Waals surface area (Å²) in [4.78, 5) is 7.08. The summed E-state index contributed by atoms with van der Waals surface area (Å²) in [5, 5.41) is 4.16. The van der Waals surface area contributed by atoms with Gasteiger partial charge >= 0.3 is 0 Å². The van der Waals surface area contributed by atoms with Gasteiger partial charge in [0.25, 0.3) is 0 Å². The monoisotopic (exact) mass is 349 g/mol. The average molecular weight is 349 g/mol. The number of likely N-dealkylation sites (tertiary alicyclic amines) is 1. The molecule has 1 fully saturated rings. The molecule has 0 amide bonds. The first-order valence-electron chi connectivity index (χ1n) is 8.97. The van der Waals surface area contributed by atoms with Crippen molar-refractivity contribution in [2.75, 3.05) is 20.2 Å². The van der Waals surface area contributed by atoms with E-state index >= 15 is 0 Å². The molecule has 1 aromatic heterocycles. The molecule has 0 spiro atoms. The van der Waals surface area contributed by atoms with Crippen LogP contribution in [0, 0.1) is 6.92 Å². The number of hydrogen-bond acceptors (Lipinski definition) is 5. The number of rotatable bonds is 5. The number of aromatic nitrogens is 2. The first-order valence-corrected chi connectivity index (χ1v) is 8.97. The first kappa shape index (κ1) is 16.8. The fourth-order valence-corrected chi connectivity index (χ4v) is 3.39. The number of nitrogens with zero attached hydrogens (tertiary/aromatic N) is 3. The van der Waals surface area contributed by atoms with Gasteiger partial charge < -0.3 is 9.26 Å². The topological polar surface area (TPSA) is 51.4 Å². The average Bonchev–Trinajstić information content (AvgIpc) is 3.33. The molecular weight excluding hydrogens is 326 g/mol. The Hall–Kier alpha value is -2.66. The maximum atomic E-state index is 5.55. The van der Waals surface area contributed by atoms with Crippen molar-refractivity contribution in [2.24, 2.45) is 0 Å². The van der Waals surface area contributed by atoms with Gasteiger partial charge in [-0.2, -0.15) is 4.98 Å². The lowest BCUT2D eigenvalue weighted by Crippen LogP contribution is -2.19. The van der Waals surface area contributed by atoms with Crippen molar-refractivity contribution in [3.63, 3.8) is 0 Å². The fraction of sp³-hybridized carbons (Fsp3) is 0.333. The van der Waals surface area contributed by atoms with E-state index in [-0.39, 0.29) is 0 Å². The van der Waals surface area contributed by atoms with Crippen molar-refractivity contribution < 1.29 is 9.26 Å². The van der Waals surface area contributed by atoms with Crippen molar-refractivity contribution in [1.29, 1.82) is 0 Å². The molecule has 0 saturated carbocycles. The minimum absolute atomic E-state index is 0.306. The summed E-state index contributed by atoms with van der Waals surface area (Å²) in [6.07, 6.45) is 1.05. The molecule has 3 aromatic rings. The lowest BCUT2D eigenvalue weighted by atomic mass is 10.1. The van der Waals surface area contributed by atoms with E-state index in [4.69, 9.17) is 9.26 Å². The van der Waals surface area contributed by atoms with Crippen LogP contribution in [-0.4, -0.2) is 35.2 Å². The second-order valence-corrected chi connectivity index (χ2v) is 6.89. The third kappa shape index (κ3) is 3.63. The maximum absolute atomic E-state index is 5.55. The molecule has 1 aliphatic heterocycles. The second-order valence-electron chi connectivity index (χ2n) is 6.89. The van der Waals surface area contributed by atoms with Gasteiger partial charge in [-0.25, -0.2) is 0 Å². The fourth-order valence-electron chi connectivity index (χ4n) is 3.39. The molecule has 1 aliphatic rings. The molecule has 0 radical (unpaired) electrons. The quantitative estimate of drug-likeness (QED) is 0.696. The number of hydrogen-bond donors (Lipinski definition) is 0. The van der Waals surface area contributed by atoms with E-state index in [1.165, 1.54) is 11.1 Å². The molecule has 4 rings (SSSR count). The zero-order valence-electron chi connectivity index (χ0n) is 15.2. The van der Waals surface area contributed by atoms with Gasteiger partial charge in [-0.05, 0) is 49.7 Å². The summed E-state index contributed by atoms with van der Waals surface area (Å²) < 4.78 is 10.7. The van der Waals surface area contributed by atoms with Crippen molar-refractivity contribution >= 4 is 0 Å². The molecule has 2 heterocycles. The molecule has 1 atom stereocenters. The molecule has 0 bridgehead atoms. The first-order chi connectivity index (χ1) is 12.7. The van der Waals surface area contributed by atoms with Crippen LogP contribution in [0.2, 0.25) is 0 Å². The SMILES string of the molecule is COc1ccc(-c2noc([C@H]3CCN(Cc4ccc(C)cc4)C3)n2)cc1. The highest BCUT2D eigenvalue weighted by atomic mass is 16.5. The van der Waals surface area contributed by atoms with Crippen LogP contribution in [0.3, 0.4) is 0 Å². The smallest absolute Gasteiger partial charge is 0.231 e. The van der Waals surface area contributed by atoms with Crippen LogP contribution in [0.25, 0.3) is 11.4 Å². The van der Waals surface area contributed by atoms with Gasteiger partial charge in [-0.1, -0.05) is 35.0 Å². The highest BCUT2D eigenvalue weighted by Crippen LogP contribution is 2.29. The van der Waals surface area contributed by atoms with E-state index in [0.717, 1.165) is 43.3 Å². The summed E-state index contributed by atoms with van der Waals surface area (Å²) in [6.45, 7) is 5.10. The molecular formula is C21H23N3O2. The number of methoxy groups -OCH3 is 1. The Labute approximate surface area is 153 Å². The number of aryl methyl sites for hydroxylation is 1. The van der Waals surface area contributed by atoms with Crippen molar-refractivity contribution in [3.05, 3.63) is 65.5 Å². The third-order valence-electron chi connectivity index (χ3n) is 4.94. The normalized spacial score (nSPS) is 17.5. The van der Waals surface area contributed by atoms with Gasteiger partial charge in [0, 0.05) is 18.7 Å². The summed E-state index contributed by atoms with van der Waals surface area (Å²) in [6, 6.07) is 16.5. The van der Waals surface area contributed by atoms with Crippen LogP contribution in [0.4, 0.5) is 0 Å². The zero-order valence-corrected chi connectivity index (χ0v) is 15.2. The van der Waals surface area contributed by atoms with E-state index in [2.05, 4.69) is 46.2 Å². The van der Waals surface area contributed by atoms with E-state index < -0.39 is 0 Å². The molecule has 26 heavy (non-hydrogen) atoms. The molecule has 134 valence electrons. The summed E-state index contributed by atoms with van der Waals surface area (Å²) in [5.74, 6) is 2.50. The molecule has 0 N–H and O–H groups in total. The Balaban J connectivity index is 1.41. The standard InChI is InChI=1S/C21H23N3O2/c1-15-3-5-16(6-4-15)13-24-12-11-18(14-24)21-22-20(23-26-21)17-7-9-19(25-2)10-8-17/h3-10,18H,11-14H2,1-2H3/t18-/m0/s1.